The van der Waals surface area contributed by atoms with E-state index in [9.17, 15) is 4.79 Å². The number of piperidine rings is 1. The fourth-order valence-corrected chi connectivity index (χ4v) is 3.07. The first-order valence-electron chi connectivity index (χ1n) is 7.17. The molecule has 0 radical (unpaired) electrons. The fraction of sp³-hybridized carbons (Fsp3) is 0.353. The van der Waals surface area contributed by atoms with Crippen LogP contribution in [0.15, 0.2) is 42.5 Å². The second-order valence-electron chi connectivity index (χ2n) is 5.87. The van der Waals surface area contributed by atoms with Gasteiger partial charge >= 0.3 is 0 Å². The normalized spacial score (nSPS) is 23.0. The van der Waals surface area contributed by atoms with Crippen LogP contribution in [0.25, 0.3) is 10.8 Å². The molecule has 3 rings (SSSR count). The Labute approximate surface area is 119 Å². The van der Waals surface area contributed by atoms with Crippen molar-refractivity contribution in [1.29, 1.82) is 0 Å². The smallest absolute Gasteiger partial charge is 0.253 e. The standard InChI is InChI=1S/C17H20N2O/c1-12-8-16(18)11-19(10-12)17(20)15-7-6-13-4-2-3-5-14(13)9-15/h2-7,9,12,16H,8,10-11,18H2,1H3. The first kappa shape index (κ1) is 13.1. The lowest BCUT2D eigenvalue weighted by Gasteiger charge is -2.34. The Balaban J connectivity index is 1.88. The van der Waals surface area contributed by atoms with E-state index in [0.29, 0.717) is 12.5 Å². The summed E-state index contributed by atoms with van der Waals surface area (Å²) < 4.78 is 0. The number of nitrogens with zero attached hydrogens (tertiary/aromatic N) is 1. The molecule has 0 spiro atoms. The number of carbonyl (C=O) groups is 1. The van der Waals surface area contributed by atoms with E-state index in [2.05, 4.69) is 13.0 Å². The van der Waals surface area contributed by atoms with Gasteiger partial charge in [-0.3, -0.25) is 4.79 Å². The Hall–Kier alpha value is -1.87. The van der Waals surface area contributed by atoms with Gasteiger partial charge in [-0.15, -0.1) is 0 Å². The van der Waals surface area contributed by atoms with Gasteiger partial charge < -0.3 is 10.6 Å². The van der Waals surface area contributed by atoms with Gasteiger partial charge in [0.1, 0.15) is 0 Å². The van der Waals surface area contributed by atoms with Crippen molar-refractivity contribution in [2.75, 3.05) is 13.1 Å². The summed E-state index contributed by atoms with van der Waals surface area (Å²) in [6.07, 6.45) is 1.00. The molecular weight excluding hydrogens is 248 g/mol. The molecule has 3 nitrogen and oxygen atoms in total. The number of benzene rings is 2. The van der Waals surface area contributed by atoms with E-state index in [1.54, 1.807) is 0 Å². The quantitative estimate of drug-likeness (QED) is 0.864. The van der Waals surface area contributed by atoms with Crippen LogP contribution in [-0.2, 0) is 0 Å². The summed E-state index contributed by atoms with van der Waals surface area (Å²) in [5.41, 5.74) is 6.78. The van der Waals surface area contributed by atoms with E-state index in [1.165, 1.54) is 0 Å². The summed E-state index contributed by atoms with van der Waals surface area (Å²) >= 11 is 0. The molecule has 104 valence electrons. The Morgan fingerprint density at radius 2 is 1.90 bits per heavy atom. The minimum atomic E-state index is 0.0951. The van der Waals surface area contributed by atoms with Gasteiger partial charge in [-0.05, 0) is 35.2 Å². The number of rotatable bonds is 1. The molecule has 1 heterocycles. The third-order valence-corrected chi connectivity index (χ3v) is 3.98. The Kier molecular flexibility index (Phi) is 3.45. The van der Waals surface area contributed by atoms with Crippen LogP contribution in [0.3, 0.4) is 0 Å². The SMILES string of the molecule is CC1CC(N)CN(C(=O)c2ccc3ccccc3c2)C1. The van der Waals surface area contributed by atoms with Crippen molar-refractivity contribution in [3.63, 3.8) is 0 Å². The second kappa shape index (κ2) is 5.25. The Bertz CT molecular complexity index is 628. The van der Waals surface area contributed by atoms with Gasteiger partial charge in [-0.2, -0.15) is 0 Å². The minimum absolute atomic E-state index is 0.0951. The number of carbonyl (C=O) groups excluding carboxylic acids is 1. The highest BCUT2D eigenvalue weighted by Gasteiger charge is 2.26. The lowest BCUT2D eigenvalue weighted by Crippen LogP contribution is -2.48. The van der Waals surface area contributed by atoms with Crippen LogP contribution in [0.2, 0.25) is 0 Å². The summed E-state index contributed by atoms with van der Waals surface area (Å²) in [7, 11) is 0. The fourth-order valence-electron chi connectivity index (χ4n) is 3.07. The van der Waals surface area contributed by atoms with Crippen molar-refractivity contribution in [2.45, 2.75) is 19.4 Å². The molecule has 0 saturated carbocycles. The third kappa shape index (κ3) is 2.54. The van der Waals surface area contributed by atoms with Gasteiger partial charge in [0.2, 0.25) is 0 Å². The highest BCUT2D eigenvalue weighted by Crippen LogP contribution is 2.20. The second-order valence-corrected chi connectivity index (χ2v) is 5.87. The first-order chi connectivity index (χ1) is 9.63. The molecular formula is C17H20N2O. The molecule has 0 aliphatic carbocycles. The molecule has 0 aromatic heterocycles. The maximum absolute atomic E-state index is 12.6. The Morgan fingerprint density at radius 3 is 2.65 bits per heavy atom. The van der Waals surface area contributed by atoms with Crippen LogP contribution in [0.5, 0.6) is 0 Å². The van der Waals surface area contributed by atoms with Gasteiger partial charge in [0, 0.05) is 24.7 Å². The van der Waals surface area contributed by atoms with Crippen molar-refractivity contribution in [1.82, 2.24) is 4.90 Å². The lowest BCUT2D eigenvalue weighted by molar-refractivity contribution is 0.0661. The molecule has 3 heteroatoms. The molecule has 2 atom stereocenters. The number of nitrogens with two attached hydrogens (primary N) is 1. The summed E-state index contributed by atoms with van der Waals surface area (Å²) in [5.74, 6) is 0.570. The van der Waals surface area contributed by atoms with Crippen molar-refractivity contribution in [3.8, 4) is 0 Å². The first-order valence-corrected chi connectivity index (χ1v) is 7.17. The zero-order valence-corrected chi connectivity index (χ0v) is 11.8. The number of hydrogen-bond donors (Lipinski definition) is 1. The third-order valence-electron chi connectivity index (χ3n) is 3.98. The van der Waals surface area contributed by atoms with Crippen LogP contribution < -0.4 is 5.73 Å². The topological polar surface area (TPSA) is 46.3 Å². The van der Waals surface area contributed by atoms with Crippen LogP contribution in [0.4, 0.5) is 0 Å². The van der Waals surface area contributed by atoms with Gasteiger partial charge in [0.25, 0.3) is 5.91 Å². The zero-order chi connectivity index (χ0) is 14.1. The van der Waals surface area contributed by atoms with E-state index in [4.69, 9.17) is 5.73 Å². The van der Waals surface area contributed by atoms with E-state index in [1.807, 2.05) is 41.3 Å². The maximum Gasteiger partial charge on any atom is 0.253 e. The predicted octanol–water partition coefficient (Wildman–Crippen LogP) is 2.65. The van der Waals surface area contributed by atoms with Gasteiger partial charge in [-0.25, -0.2) is 0 Å². The van der Waals surface area contributed by atoms with E-state index in [0.717, 1.165) is 29.3 Å². The van der Waals surface area contributed by atoms with Gasteiger partial charge in [0.05, 0.1) is 0 Å². The molecule has 2 N–H and O–H groups in total. The molecule has 1 fully saturated rings. The van der Waals surface area contributed by atoms with Gasteiger partial charge in [0.15, 0.2) is 0 Å². The highest BCUT2D eigenvalue weighted by molar-refractivity contribution is 5.98. The molecule has 0 bridgehead atoms. The van der Waals surface area contributed by atoms with E-state index >= 15 is 0 Å². The maximum atomic E-state index is 12.6. The largest absolute Gasteiger partial charge is 0.337 e. The van der Waals surface area contributed by atoms with Crippen molar-refractivity contribution < 1.29 is 4.79 Å². The molecule has 1 aliphatic heterocycles. The summed E-state index contributed by atoms with van der Waals surface area (Å²) in [4.78, 5) is 14.5. The number of hydrogen-bond acceptors (Lipinski definition) is 2. The van der Waals surface area contributed by atoms with Crippen molar-refractivity contribution >= 4 is 16.7 Å². The monoisotopic (exact) mass is 268 g/mol. The van der Waals surface area contributed by atoms with Crippen LogP contribution in [0.1, 0.15) is 23.7 Å². The van der Waals surface area contributed by atoms with Crippen molar-refractivity contribution in [3.05, 3.63) is 48.0 Å². The number of amides is 1. The molecule has 2 aromatic carbocycles. The lowest BCUT2D eigenvalue weighted by atomic mass is 9.95. The molecule has 20 heavy (non-hydrogen) atoms. The average molecular weight is 268 g/mol. The minimum Gasteiger partial charge on any atom is -0.337 e. The predicted molar refractivity (Wildman–Crippen MR) is 81.6 cm³/mol. The van der Waals surface area contributed by atoms with E-state index in [-0.39, 0.29) is 11.9 Å². The number of likely N-dealkylation sites (tertiary alicyclic amines) is 1. The molecule has 1 aliphatic rings. The average Bonchev–Trinajstić information content (AvgIpc) is 2.45. The van der Waals surface area contributed by atoms with Crippen LogP contribution >= 0.6 is 0 Å². The van der Waals surface area contributed by atoms with Crippen LogP contribution in [-0.4, -0.2) is 29.9 Å². The zero-order valence-electron chi connectivity index (χ0n) is 11.8. The van der Waals surface area contributed by atoms with Crippen molar-refractivity contribution in [2.24, 2.45) is 11.7 Å². The summed E-state index contributed by atoms with van der Waals surface area (Å²) in [5, 5.41) is 2.26. The molecule has 2 aromatic rings. The van der Waals surface area contributed by atoms with E-state index < -0.39 is 0 Å². The highest BCUT2D eigenvalue weighted by atomic mass is 16.2. The summed E-state index contributed by atoms with van der Waals surface area (Å²) in [6.45, 7) is 3.62. The molecule has 1 amide bonds. The number of fused-ring (bicyclic) bond motifs is 1. The Morgan fingerprint density at radius 1 is 1.15 bits per heavy atom. The molecule has 1 saturated heterocycles. The van der Waals surface area contributed by atoms with Gasteiger partial charge in [-0.1, -0.05) is 37.3 Å². The molecule has 2 unspecified atom stereocenters. The summed E-state index contributed by atoms with van der Waals surface area (Å²) in [6, 6.07) is 14.1. The van der Waals surface area contributed by atoms with Crippen LogP contribution in [0, 0.1) is 5.92 Å².